The fraction of sp³-hybridized carbons (Fsp3) is 0.158. The molecule has 0 saturated carbocycles. The summed E-state index contributed by atoms with van der Waals surface area (Å²) in [5, 5.41) is 9.44. The van der Waals surface area contributed by atoms with Crippen LogP contribution in [-0.2, 0) is 11.2 Å². The van der Waals surface area contributed by atoms with Crippen molar-refractivity contribution in [3.05, 3.63) is 65.2 Å². The third-order valence-corrected chi connectivity index (χ3v) is 3.48. The molecule has 0 aliphatic heterocycles. The lowest BCUT2D eigenvalue weighted by Crippen LogP contribution is -2.11. The summed E-state index contributed by atoms with van der Waals surface area (Å²) in [6.45, 7) is 3.27. The van der Waals surface area contributed by atoms with Gasteiger partial charge >= 0.3 is 5.97 Å². The van der Waals surface area contributed by atoms with Crippen LogP contribution >= 0.6 is 11.6 Å². The van der Waals surface area contributed by atoms with Gasteiger partial charge in [0.2, 0.25) is 0 Å². The number of halogens is 1. The molecule has 0 unspecified atom stereocenters. The first kappa shape index (κ1) is 18.5. The number of carboxylic acid groups (broad SMARTS) is 1. The lowest BCUT2D eigenvalue weighted by atomic mass is 10.1. The molecule has 0 amide bonds. The number of methoxy groups -OCH3 is 1. The number of allylic oxidation sites excluding steroid dienone is 1. The molecule has 25 heavy (non-hydrogen) atoms. The van der Waals surface area contributed by atoms with Crippen LogP contribution < -0.4 is 9.47 Å². The van der Waals surface area contributed by atoms with Gasteiger partial charge in [0.15, 0.2) is 18.1 Å². The summed E-state index contributed by atoms with van der Waals surface area (Å²) in [6, 6.07) is 10.8. The average molecular weight is 360 g/mol. The van der Waals surface area contributed by atoms with Crippen LogP contribution in [0.5, 0.6) is 11.5 Å². The van der Waals surface area contributed by atoms with E-state index in [1.165, 1.54) is 7.11 Å². The van der Waals surface area contributed by atoms with E-state index in [2.05, 4.69) is 11.6 Å². The second-order valence-corrected chi connectivity index (χ2v) is 5.56. The molecule has 0 heterocycles. The van der Waals surface area contributed by atoms with Crippen molar-refractivity contribution in [2.24, 2.45) is 4.99 Å². The maximum atomic E-state index is 10.8. The fourth-order valence-electron chi connectivity index (χ4n) is 2.22. The minimum atomic E-state index is -1.06. The lowest BCUT2D eigenvalue weighted by Gasteiger charge is -2.14. The number of benzene rings is 2. The highest BCUT2D eigenvalue weighted by atomic mass is 35.5. The van der Waals surface area contributed by atoms with Crippen LogP contribution in [0.4, 0.5) is 5.69 Å². The van der Waals surface area contributed by atoms with E-state index in [-0.39, 0.29) is 0 Å². The molecule has 0 spiro atoms. The monoisotopic (exact) mass is 359 g/mol. The highest BCUT2D eigenvalue weighted by molar-refractivity contribution is 6.30. The molecule has 130 valence electrons. The Morgan fingerprint density at radius 2 is 2.16 bits per heavy atom. The Hall–Kier alpha value is -2.79. The van der Waals surface area contributed by atoms with Gasteiger partial charge in [-0.15, -0.1) is 6.58 Å². The summed E-state index contributed by atoms with van der Waals surface area (Å²) < 4.78 is 10.7. The average Bonchev–Trinajstić information content (AvgIpc) is 2.58. The number of hydrogen-bond donors (Lipinski definition) is 1. The van der Waals surface area contributed by atoms with Gasteiger partial charge in [-0.3, -0.25) is 4.99 Å². The smallest absolute Gasteiger partial charge is 0.341 e. The summed E-state index contributed by atoms with van der Waals surface area (Å²) >= 11 is 5.95. The van der Waals surface area contributed by atoms with Gasteiger partial charge in [-0.05, 0) is 42.3 Å². The Bertz CT molecular complexity index is 802. The third kappa shape index (κ3) is 5.36. The van der Waals surface area contributed by atoms with Crippen LogP contribution in [0.1, 0.15) is 11.1 Å². The number of carbonyl (C=O) groups is 1. The van der Waals surface area contributed by atoms with Crippen molar-refractivity contribution in [2.75, 3.05) is 13.7 Å². The first-order chi connectivity index (χ1) is 12.0. The van der Waals surface area contributed by atoms with Crippen LogP contribution in [0, 0.1) is 0 Å². The highest BCUT2D eigenvalue weighted by Crippen LogP contribution is 2.33. The lowest BCUT2D eigenvalue weighted by molar-refractivity contribution is -0.139. The minimum absolute atomic E-state index is 0.393. The quantitative estimate of drug-likeness (QED) is 0.564. The summed E-state index contributed by atoms with van der Waals surface area (Å²) in [7, 11) is 1.50. The molecule has 0 radical (unpaired) electrons. The van der Waals surface area contributed by atoms with Crippen LogP contribution in [-0.4, -0.2) is 31.0 Å². The summed E-state index contributed by atoms with van der Waals surface area (Å²) in [4.78, 5) is 15.2. The normalized spacial score (nSPS) is 10.6. The predicted octanol–water partition coefficient (Wildman–Crippen LogP) is 4.29. The Balaban J connectivity index is 2.37. The molecule has 0 aromatic heterocycles. The number of ether oxygens (including phenoxy) is 2. The van der Waals surface area contributed by atoms with Gasteiger partial charge in [-0.1, -0.05) is 23.7 Å². The Morgan fingerprint density at radius 3 is 2.80 bits per heavy atom. The highest BCUT2D eigenvalue weighted by Gasteiger charge is 2.13. The topological polar surface area (TPSA) is 68.1 Å². The maximum absolute atomic E-state index is 10.8. The number of nitrogens with zero attached hydrogens (tertiary/aromatic N) is 1. The molecule has 0 aliphatic rings. The van der Waals surface area contributed by atoms with E-state index in [1.54, 1.807) is 30.5 Å². The van der Waals surface area contributed by atoms with Gasteiger partial charge in [0.05, 0.1) is 12.8 Å². The number of carboxylic acids is 1. The Labute approximate surface area is 151 Å². The van der Waals surface area contributed by atoms with Gasteiger partial charge in [0, 0.05) is 16.8 Å². The van der Waals surface area contributed by atoms with Crippen LogP contribution in [0.2, 0.25) is 5.02 Å². The second-order valence-electron chi connectivity index (χ2n) is 5.12. The van der Waals surface area contributed by atoms with Crippen molar-refractivity contribution >= 4 is 29.5 Å². The van der Waals surface area contributed by atoms with E-state index in [0.717, 1.165) is 16.8 Å². The van der Waals surface area contributed by atoms with E-state index >= 15 is 0 Å². The second kappa shape index (κ2) is 8.89. The molecule has 6 heteroatoms. The molecule has 0 atom stereocenters. The molecule has 0 bridgehead atoms. The summed E-state index contributed by atoms with van der Waals surface area (Å²) in [5.74, 6) is -0.226. The van der Waals surface area contributed by atoms with Gasteiger partial charge in [-0.2, -0.15) is 0 Å². The molecule has 2 aromatic carbocycles. The SMILES string of the molecule is C=CCc1cc(C=Nc2cccc(Cl)c2)cc(OC)c1OCC(=O)O. The number of rotatable bonds is 8. The van der Waals surface area contributed by atoms with Gasteiger partial charge in [0.1, 0.15) is 0 Å². The van der Waals surface area contributed by atoms with E-state index in [9.17, 15) is 4.79 Å². The molecule has 0 aliphatic carbocycles. The zero-order valence-electron chi connectivity index (χ0n) is 13.7. The molecule has 1 N–H and O–H groups in total. The van der Waals surface area contributed by atoms with E-state index < -0.39 is 12.6 Å². The maximum Gasteiger partial charge on any atom is 0.341 e. The van der Waals surface area contributed by atoms with Gasteiger partial charge < -0.3 is 14.6 Å². The summed E-state index contributed by atoms with van der Waals surface area (Å²) in [5.41, 5.74) is 2.28. The Morgan fingerprint density at radius 1 is 1.36 bits per heavy atom. The molecular weight excluding hydrogens is 342 g/mol. The van der Waals surface area contributed by atoms with Gasteiger partial charge in [0.25, 0.3) is 0 Å². The van der Waals surface area contributed by atoms with E-state index in [1.807, 2.05) is 18.2 Å². The first-order valence-electron chi connectivity index (χ1n) is 7.49. The van der Waals surface area contributed by atoms with E-state index in [0.29, 0.717) is 22.9 Å². The number of aliphatic carboxylic acids is 1. The molecule has 0 fully saturated rings. The van der Waals surface area contributed by atoms with Crippen molar-refractivity contribution < 1.29 is 19.4 Å². The van der Waals surface area contributed by atoms with Crippen molar-refractivity contribution in [1.29, 1.82) is 0 Å². The fourth-order valence-corrected chi connectivity index (χ4v) is 2.40. The third-order valence-electron chi connectivity index (χ3n) is 3.25. The standard InChI is InChI=1S/C19H18ClNO4/c1-3-5-14-8-13(11-21-16-7-4-6-15(20)10-16)9-17(24-2)19(14)25-12-18(22)23/h3-4,6-11H,1,5,12H2,2H3,(H,22,23). The zero-order valence-corrected chi connectivity index (χ0v) is 14.5. The summed E-state index contributed by atoms with van der Waals surface area (Å²) in [6.07, 6.45) is 3.90. The van der Waals surface area contributed by atoms with Gasteiger partial charge in [-0.25, -0.2) is 4.79 Å². The van der Waals surface area contributed by atoms with Crippen molar-refractivity contribution in [3.8, 4) is 11.5 Å². The van der Waals surface area contributed by atoms with Crippen molar-refractivity contribution in [1.82, 2.24) is 0 Å². The van der Waals surface area contributed by atoms with Crippen LogP contribution in [0.3, 0.4) is 0 Å². The van der Waals surface area contributed by atoms with Crippen molar-refractivity contribution in [3.63, 3.8) is 0 Å². The molecule has 2 rings (SSSR count). The Kier molecular flexibility index (Phi) is 6.60. The predicted molar refractivity (Wildman–Crippen MR) is 98.7 cm³/mol. The molecule has 5 nitrogen and oxygen atoms in total. The molecule has 0 saturated heterocycles. The number of hydrogen-bond acceptors (Lipinski definition) is 4. The van der Waals surface area contributed by atoms with Crippen molar-refractivity contribution in [2.45, 2.75) is 6.42 Å². The minimum Gasteiger partial charge on any atom is -0.493 e. The first-order valence-corrected chi connectivity index (χ1v) is 7.87. The van der Waals surface area contributed by atoms with E-state index in [4.69, 9.17) is 26.2 Å². The van der Waals surface area contributed by atoms with Crippen LogP contribution in [0.15, 0.2) is 54.0 Å². The largest absolute Gasteiger partial charge is 0.493 e. The number of aliphatic imine (C=N–C) groups is 1. The van der Waals surface area contributed by atoms with Crippen LogP contribution in [0.25, 0.3) is 0 Å². The molecular formula is C19H18ClNO4. The molecule has 2 aromatic rings. The zero-order chi connectivity index (χ0) is 18.2.